The number of hydrogen-bond donors (Lipinski definition) is 0. The van der Waals surface area contributed by atoms with Crippen molar-refractivity contribution in [3.63, 3.8) is 0 Å². The van der Waals surface area contributed by atoms with Crippen molar-refractivity contribution in [2.75, 3.05) is 4.90 Å². The molecule has 0 spiro atoms. The second kappa shape index (κ2) is 18.0. The van der Waals surface area contributed by atoms with Crippen molar-refractivity contribution >= 4 is 39.8 Å². The van der Waals surface area contributed by atoms with E-state index in [1.54, 1.807) is 36.4 Å². The Kier molecular flexibility index (Phi) is 11.2. The van der Waals surface area contributed by atoms with Gasteiger partial charge >= 0.3 is 0 Å². The standard InChI is InChI=1S/C61H36N6O2/c1-39-14-11-25-56(57(39)61(69)66(38-68)58-54(43-17-7-3-8-18-43)32-45(42-15-5-2-6-16-42)33-55(58)44-19-9-4-10-20-44)67-59-50(48-28-26-40(34-62)30-46(48)36-64)21-12-23-52(59)53-24-13-22-51(60(53)67)49-29-27-41(35-63)31-47(49)37-65/h2-33,38H,1H3. The summed E-state index contributed by atoms with van der Waals surface area (Å²) in [6.45, 7) is 1.84. The summed E-state index contributed by atoms with van der Waals surface area (Å²) in [5.74, 6) is -0.586. The van der Waals surface area contributed by atoms with Crippen LogP contribution in [0.15, 0.2) is 194 Å². The highest BCUT2D eigenvalue weighted by Gasteiger charge is 2.31. The van der Waals surface area contributed by atoms with Crippen LogP contribution in [0.3, 0.4) is 0 Å². The largest absolute Gasteiger partial charge is 0.307 e. The Labute approximate surface area is 398 Å². The molecule has 10 rings (SSSR count). The van der Waals surface area contributed by atoms with Gasteiger partial charge in [0.15, 0.2) is 0 Å². The zero-order chi connectivity index (χ0) is 47.6. The van der Waals surface area contributed by atoms with Gasteiger partial charge < -0.3 is 4.57 Å². The van der Waals surface area contributed by atoms with Crippen LogP contribution in [-0.2, 0) is 4.79 Å². The minimum absolute atomic E-state index is 0.235. The van der Waals surface area contributed by atoms with Crippen LogP contribution >= 0.6 is 0 Å². The van der Waals surface area contributed by atoms with Crippen molar-refractivity contribution in [2.45, 2.75) is 6.92 Å². The van der Waals surface area contributed by atoms with E-state index in [1.165, 1.54) is 4.90 Å². The van der Waals surface area contributed by atoms with E-state index in [1.807, 2.05) is 169 Å². The van der Waals surface area contributed by atoms with E-state index >= 15 is 4.79 Å². The fraction of sp³-hybridized carbons (Fsp3) is 0.0164. The van der Waals surface area contributed by atoms with Crippen LogP contribution in [0, 0.1) is 52.2 Å². The smallest absolute Gasteiger partial charge is 0.267 e. The molecule has 9 aromatic carbocycles. The van der Waals surface area contributed by atoms with E-state index in [0.29, 0.717) is 78.9 Å². The molecular formula is C61H36N6O2. The highest BCUT2D eigenvalue weighted by Crippen LogP contribution is 2.46. The summed E-state index contributed by atoms with van der Waals surface area (Å²) in [7, 11) is 0. The number of anilines is 1. The molecular weight excluding hydrogens is 849 g/mol. The van der Waals surface area contributed by atoms with Gasteiger partial charge in [-0.1, -0.05) is 152 Å². The van der Waals surface area contributed by atoms with Gasteiger partial charge in [0, 0.05) is 44.2 Å². The topological polar surface area (TPSA) is 137 Å². The number of rotatable bonds is 9. The molecule has 322 valence electrons. The monoisotopic (exact) mass is 884 g/mol. The van der Waals surface area contributed by atoms with E-state index in [0.717, 1.165) is 33.0 Å². The molecule has 0 aliphatic heterocycles. The van der Waals surface area contributed by atoms with E-state index in [-0.39, 0.29) is 16.7 Å². The highest BCUT2D eigenvalue weighted by molar-refractivity contribution is 6.23. The van der Waals surface area contributed by atoms with Crippen LogP contribution < -0.4 is 4.90 Å². The van der Waals surface area contributed by atoms with Crippen LogP contribution in [0.25, 0.3) is 83.1 Å². The summed E-state index contributed by atoms with van der Waals surface area (Å²) in [6.07, 6.45) is 0.587. The Morgan fingerprint density at radius 2 is 0.928 bits per heavy atom. The summed E-state index contributed by atoms with van der Waals surface area (Å²) >= 11 is 0. The molecule has 10 aromatic rings. The number of carbonyl (C=O) groups excluding carboxylic acids is 2. The summed E-state index contributed by atoms with van der Waals surface area (Å²) < 4.78 is 1.99. The van der Waals surface area contributed by atoms with Gasteiger partial charge in [-0.05, 0) is 77.2 Å². The fourth-order valence-electron chi connectivity index (χ4n) is 9.48. The summed E-state index contributed by atoms with van der Waals surface area (Å²) in [5, 5.41) is 42.3. The summed E-state index contributed by atoms with van der Waals surface area (Å²) in [5.41, 5.74) is 11.4. The van der Waals surface area contributed by atoms with Crippen molar-refractivity contribution in [3.05, 3.63) is 228 Å². The van der Waals surface area contributed by atoms with E-state index in [2.05, 4.69) is 24.3 Å². The molecule has 69 heavy (non-hydrogen) atoms. The highest BCUT2D eigenvalue weighted by atomic mass is 16.2. The molecule has 0 unspecified atom stereocenters. The average Bonchev–Trinajstić information content (AvgIpc) is 3.76. The number of aryl methyl sites for hydroxylation is 1. The molecule has 0 N–H and O–H groups in total. The third-order valence-electron chi connectivity index (χ3n) is 12.6. The Morgan fingerprint density at radius 3 is 1.38 bits per heavy atom. The lowest BCUT2D eigenvalue weighted by atomic mass is 9.90. The third kappa shape index (κ3) is 7.44. The van der Waals surface area contributed by atoms with Crippen LogP contribution in [0.1, 0.15) is 38.2 Å². The molecule has 0 aliphatic rings. The van der Waals surface area contributed by atoms with E-state index in [9.17, 15) is 25.8 Å². The maximum atomic E-state index is 16.1. The summed E-state index contributed by atoms with van der Waals surface area (Å²) in [6, 6.07) is 69.4. The maximum absolute atomic E-state index is 16.1. The molecule has 0 saturated heterocycles. The molecule has 1 aromatic heterocycles. The normalized spacial score (nSPS) is 10.7. The number of nitriles is 4. The van der Waals surface area contributed by atoms with E-state index in [4.69, 9.17) is 0 Å². The number of amides is 2. The van der Waals surface area contributed by atoms with Gasteiger partial charge in [0.2, 0.25) is 6.41 Å². The van der Waals surface area contributed by atoms with Crippen molar-refractivity contribution in [3.8, 4) is 85.6 Å². The van der Waals surface area contributed by atoms with Gasteiger partial charge in [-0.3, -0.25) is 9.59 Å². The predicted octanol–water partition coefficient (Wildman–Crippen LogP) is 13.7. The van der Waals surface area contributed by atoms with Crippen molar-refractivity contribution in [1.82, 2.24) is 4.57 Å². The number of carbonyl (C=O) groups is 2. The molecule has 2 amide bonds. The van der Waals surface area contributed by atoms with Gasteiger partial charge in [0.25, 0.3) is 5.91 Å². The summed E-state index contributed by atoms with van der Waals surface area (Å²) in [4.78, 5) is 31.4. The Bertz CT molecular complexity index is 3690. The van der Waals surface area contributed by atoms with Crippen LogP contribution in [0.5, 0.6) is 0 Å². The van der Waals surface area contributed by atoms with Crippen molar-refractivity contribution < 1.29 is 9.59 Å². The van der Waals surface area contributed by atoms with Crippen molar-refractivity contribution in [2.24, 2.45) is 0 Å². The SMILES string of the molecule is Cc1cccc(-n2c3c(-c4ccc(C#N)cc4C#N)cccc3c3cccc(-c4ccc(C#N)cc4C#N)c32)c1C(=O)N(C=O)c1c(-c2ccccc2)cc(-c2ccccc2)cc1-c1ccccc1. The van der Waals surface area contributed by atoms with Crippen LogP contribution in [0.4, 0.5) is 5.69 Å². The molecule has 8 heteroatoms. The molecule has 1 heterocycles. The first-order chi connectivity index (χ1) is 33.9. The maximum Gasteiger partial charge on any atom is 0.267 e. The number of fused-ring (bicyclic) bond motifs is 3. The lowest BCUT2D eigenvalue weighted by molar-refractivity contribution is -0.106. The number of hydrogen-bond acceptors (Lipinski definition) is 6. The lowest BCUT2D eigenvalue weighted by Crippen LogP contribution is -2.32. The zero-order valence-corrected chi connectivity index (χ0v) is 37.1. The van der Waals surface area contributed by atoms with Gasteiger partial charge in [-0.25, -0.2) is 4.90 Å². The predicted molar refractivity (Wildman–Crippen MR) is 271 cm³/mol. The second-order valence-corrected chi connectivity index (χ2v) is 16.5. The molecule has 8 nitrogen and oxygen atoms in total. The van der Waals surface area contributed by atoms with Crippen molar-refractivity contribution in [1.29, 1.82) is 21.0 Å². The number of nitrogens with zero attached hydrogens (tertiary/aromatic N) is 6. The molecule has 0 aliphatic carbocycles. The van der Waals surface area contributed by atoms with Crippen LogP contribution in [-0.4, -0.2) is 16.9 Å². The molecule has 0 bridgehead atoms. The fourth-order valence-corrected chi connectivity index (χ4v) is 9.48. The number of benzene rings is 9. The Hall–Kier alpha value is -10.1. The van der Waals surface area contributed by atoms with Gasteiger partial charge in [-0.2, -0.15) is 21.0 Å². The lowest BCUT2D eigenvalue weighted by Gasteiger charge is -2.26. The number of aromatic nitrogens is 1. The Balaban J connectivity index is 1.31. The number of para-hydroxylation sites is 2. The van der Waals surface area contributed by atoms with Gasteiger partial charge in [0.1, 0.15) is 0 Å². The first kappa shape index (κ1) is 42.8. The van der Waals surface area contributed by atoms with Gasteiger partial charge in [0.05, 0.1) is 74.5 Å². The first-order valence-electron chi connectivity index (χ1n) is 22.1. The Morgan fingerprint density at radius 1 is 0.464 bits per heavy atom. The molecule has 0 atom stereocenters. The minimum Gasteiger partial charge on any atom is -0.307 e. The first-order valence-corrected chi connectivity index (χ1v) is 22.1. The second-order valence-electron chi connectivity index (χ2n) is 16.5. The molecule has 0 radical (unpaired) electrons. The van der Waals surface area contributed by atoms with Crippen LogP contribution in [0.2, 0.25) is 0 Å². The third-order valence-corrected chi connectivity index (χ3v) is 12.6. The molecule has 0 fully saturated rings. The average molecular weight is 885 g/mol. The zero-order valence-electron chi connectivity index (χ0n) is 37.1. The quantitative estimate of drug-likeness (QED) is 0.132. The number of imide groups is 1. The minimum atomic E-state index is -0.586. The van der Waals surface area contributed by atoms with Gasteiger partial charge in [-0.15, -0.1) is 0 Å². The molecule has 0 saturated carbocycles. The van der Waals surface area contributed by atoms with E-state index < -0.39 is 5.91 Å².